The number of nitrogens with one attached hydrogen (secondary N) is 3. The maximum absolute atomic E-state index is 13.7. The molecule has 0 saturated heterocycles. The molecule has 3 amide bonds. The van der Waals surface area contributed by atoms with Crippen molar-refractivity contribution in [1.29, 1.82) is 0 Å². The fourth-order valence-corrected chi connectivity index (χ4v) is 16.3. The minimum Gasteiger partial charge on any atom is -0.350 e. The number of benzene rings is 4. The molecule has 6 aromatic rings. The Bertz CT molecular complexity index is 5460. The number of nitrogens with two attached hydrogens (primary N) is 1. The normalized spacial score (nSPS) is 16.5. The van der Waals surface area contributed by atoms with Crippen LogP contribution >= 0.6 is 0 Å². The molecule has 2 aliphatic heterocycles. The SMILES string of the molecule is CC1(CS(=O)(=O)O)C(/C=C/C=C2/N(N)c3cc(S(=O)(=O)O)c4cc(-c5cc(C(=O)CCCS(=O)(=O)O)nc(C(=O)NCCS(=O)(=O)O)c5)ccc4c3C2(C)C)=[N+](CCCS(=O)(=O)O)c2cc(S(=O)(=O)O)c3cc(-c4cc(C(=O)NCCS(=O)(=O)O)nc(C(=O)NCCS(=O)(=O)O)c4)ccc3c21. The number of nitrogens with zero attached hydrogens (tertiary/aromatic N) is 4. The van der Waals surface area contributed by atoms with E-state index in [1.54, 1.807) is 13.8 Å². The van der Waals surface area contributed by atoms with Crippen LogP contribution in [0.4, 0.5) is 11.4 Å². The van der Waals surface area contributed by atoms with Gasteiger partial charge in [0, 0.05) is 72.1 Å². The van der Waals surface area contributed by atoms with Crippen LogP contribution < -0.4 is 26.8 Å². The second kappa shape index (κ2) is 28.7. The fourth-order valence-electron chi connectivity index (χ4n) is 11.8. The number of allylic oxidation sites excluding steroid dienone is 4. The van der Waals surface area contributed by atoms with E-state index in [1.165, 1.54) is 60.1 Å². The number of anilines is 1. The number of hydrogen-bond acceptors (Lipinski definition) is 24. The summed E-state index contributed by atoms with van der Waals surface area (Å²) in [6.45, 7) is 2.04. The lowest BCUT2D eigenvalue weighted by Crippen LogP contribution is -2.38. The van der Waals surface area contributed by atoms with Gasteiger partial charge in [-0.25, -0.2) is 15.8 Å². The molecule has 4 aromatic carbocycles. The Morgan fingerprint density at radius 3 is 1.33 bits per heavy atom. The van der Waals surface area contributed by atoms with Crippen LogP contribution in [0.2, 0.25) is 0 Å². The minimum absolute atomic E-state index is 0.0146. The second-order valence-corrected chi connectivity index (χ2v) is 35.9. The standard InChI is InChI=1S/C57H62N8O28S8/c1-56(2)49(65(58)45-30-48(101(91,92)93)38-23-32(10-12-36(38)51(45)56)34-25-40(46(66)7-5-18-94(70,71)72)62-41(26-34)53(67)59-14-20-96(76,77)78)8-4-9-50-57(3,31-99(85,86)87)52-37-13-11-33(24-39(37)47(100(88,89)90)29-44(52)64(50)17-6-19-95(73,74)75)35-27-42(54(68)60-15-21-97(79,80)81)63-43(28-35)55(69)61-16-22-98(82,83)84/h4,8-13,23-30H,5-7,14-22,31,58H2,1-3H3,(H10-,59,60,61,67,68,69,70,71,72,73,74,75,76,77,78,79,80,81,82,83,84,85,86,87,88,89,90,91,92,93)/p+1. The molecule has 36 nitrogen and oxygen atoms in total. The Hall–Kier alpha value is -8.03. The van der Waals surface area contributed by atoms with Gasteiger partial charge < -0.3 is 16.0 Å². The molecule has 4 heterocycles. The van der Waals surface area contributed by atoms with Gasteiger partial charge >= 0.3 is 0 Å². The number of pyridine rings is 2. The van der Waals surface area contributed by atoms with Gasteiger partial charge in [-0.1, -0.05) is 44.2 Å². The third-order valence-corrected chi connectivity index (χ3v) is 22.5. The molecular weight excluding hydrogens is 1500 g/mol. The van der Waals surface area contributed by atoms with Crippen LogP contribution in [0.5, 0.6) is 0 Å². The molecule has 0 radical (unpaired) electrons. The fraction of sp³-hybridized carbons (Fsp3) is 0.316. The summed E-state index contributed by atoms with van der Waals surface area (Å²) in [4.78, 5) is 60.1. The van der Waals surface area contributed by atoms with Gasteiger partial charge in [-0.05, 0) is 100 Å². The molecule has 0 bridgehead atoms. The quantitative estimate of drug-likeness (QED) is 0.0138. The van der Waals surface area contributed by atoms with Crippen LogP contribution in [0.25, 0.3) is 43.8 Å². The van der Waals surface area contributed by atoms with E-state index in [4.69, 9.17) is 5.84 Å². The largest absolute Gasteiger partial charge is 0.350 e. The number of carbonyl (C=O) groups is 4. The van der Waals surface area contributed by atoms with Crippen LogP contribution in [-0.2, 0) is 91.8 Å². The number of fused-ring (bicyclic) bond motifs is 6. The molecule has 1 atom stereocenters. The summed E-state index contributed by atoms with van der Waals surface area (Å²) in [5.41, 5.74) is -5.88. The highest BCUT2D eigenvalue weighted by atomic mass is 32.2. The van der Waals surface area contributed by atoms with Gasteiger partial charge in [0.15, 0.2) is 11.5 Å². The van der Waals surface area contributed by atoms with Crippen LogP contribution in [0, 0.1) is 0 Å². The van der Waals surface area contributed by atoms with E-state index in [0.717, 1.165) is 47.5 Å². The zero-order valence-electron chi connectivity index (χ0n) is 52.7. The number of amides is 3. The second-order valence-electron chi connectivity index (χ2n) is 23.8. The number of hydrogen-bond donors (Lipinski definition) is 12. The maximum atomic E-state index is 13.7. The van der Waals surface area contributed by atoms with Crippen LogP contribution in [-0.4, -0.2) is 208 Å². The van der Waals surface area contributed by atoms with E-state index in [9.17, 15) is 123 Å². The van der Waals surface area contributed by atoms with Crippen LogP contribution in [0.15, 0.2) is 107 Å². The number of ketones is 1. The van der Waals surface area contributed by atoms with Crippen molar-refractivity contribution in [2.45, 2.75) is 60.7 Å². The average Bonchev–Trinajstić information content (AvgIpc) is 1.56. The highest BCUT2D eigenvalue weighted by Gasteiger charge is 2.52. The molecule has 101 heavy (non-hydrogen) atoms. The summed E-state index contributed by atoms with van der Waals surface area (Å²) < 4.78 is 277. The third kappa shape index (κ3) is 19.2. The lowest BCUT2D eigenvalue weighted by Gasteiger charge is -2.24. The molecule has 0 spiro atoms. The summed E-state index contributed by atoms with van der Waals surface area (Å²) in [5.74, 6) is -3.29. The van der Waals surface area contributed by atoms with Gasteiger partial charge in [0.1, 0.15) is 44.5 Å². The van der Waals surface area contributed by atoms with Gasteiger partial charge in [-0.2, -0.15) is 71.9 Å². The number of rotatable bonds is 29. The smallest absolute Gasteiger partial charge is 0.295 e. The number of aromatic nitrogens is 2. The first-order chi connectivity index (χ1) is 46.2. The van der Waals surface area contributed by atoms with Crippen LogP contribution in [0.1, 0.15) is 93.1 Å². The predicted molar refractivity (Wildman–Crippen MR) is 362 cm³/mol. The molecule has 2 aliphatic rings. The Morgan fingerprint density at radius 1 is 0.495 bits per heavy atom. The first kappa shape index (κ1) is 78.7. The van der Waals surface area contributed by atoms with E-state index < -0.39 is 233 Å². The third-order valence-electron chi connectivity index (χ3n) is 16.0. The highest BCUT2D eigenvalue weighted by molar-refractivity contribution is 7.87. The highest BCUT2D eigenvalue weighted by Crippen LogP contribution is 2.52. The van der Waals surface area contributed by atoms with Gasteiger partial charge in [0.05, 0.1) is 40.2 Å². The van der Waals surface area contributed by atoms with Gasteiger partial charge in [-0.3, -0.25) is 60.6 Å². The van der Waals surface area contributed by atoms with Crippen molar-refractivity contribution < 1.29 is 128 Å². The number of carbonyl (C=O) groups excluding carboxylic acids is 4. The van der Waals surface area contributed by atoms with E-state index in [0.29, 0.717) is 5.56 Å². The molecule has 0 aliphatic carbocycles. The van der Waals surface area contributed by atoms with Gasteiger partial charge in [0.2, 0.25) is 5.69 Å². The van der Waals surface area contributed by atoms with Gasteiger partial charge in [-0.15, -0.1) is 0 Å². The molecule has 13 N–H and O–H groups in total. The number of hydrazine groups is 1. The molecule has 1 unspecified atom stereocenters. The Morgan fingerprint density at radius 2 is 0.901 bits per heavy atom. The van der Waals surface area contributed by atoms with Crippen molar-refractivity contribution in [2.75, 3.05) is 65.7 Å². The van der Waals surface area contributed by atoms with E-state index in [-0.39, 0.29) is 66.8 Å². The molecule has 2 aromatic heterocycles. The summed E-state index contributed by atoms with van der Waals surface area (Å²) >= 11 is 0. The molecule has 0 fully saturated rings. The van der Waals surface area contributed by atoms with Crippen molar-refractivity contribution in [2.24, 2.45) is 5.84 Å². The minimum atomic E-state index is -5.43. The van der Waals surface area contributed by atoms with E-state index >= 15 is 0 Å². The summed E-state index contributed by atoms with van der Waals surface area (Å²) in [5, 5.41) is 6.96. The van der Waals surface area contributed by atoms with Crippen molar-refractivity contribution in [1.82, 2.24) is 25.9 Å². The van der Waals surface area contributed by atoms with E-state index in [2.05, 4.69) is 25.9 Å². The van der Waals surface area contributed by atoms with Crippen molar-refractivity contribution in [3.63, 3.8) is 0 Å². The Labute approximate surface area is 577 Å². The molecular formula is C57H63N8O28S8+. The summed E-state index contributed by atoms with van der Waals surface area (Å²) in [7, 11) is -38.9. The average molecular weight is 1560 g/mol. The maximum Gasteiger partial charge on any atom is 0.295 e. The first-order valence-electron chi connectivity index (χ1n) is 29.1. The summed E-state index contributed by atoms with van der Waals surface area (Å²) in [6, 6.07) is 13.9. The van der Waals surface area contributed by atoms with Crippen molar-refractivity contribution >= 4 is 143 Å². The summed E-state index contributed by atoms with van der Waals surface area (Å²) in [6.07, 6.45) is 2.53. The van der Waals surface area contributed by atoms with Crippen LogP contribution in [0.3, 0.4) is 0 Å². The number of Topliss-reactive ketones (excluding diaryl/α,β-unsaturated/α-hetero) is 1. The first-order valence-corrected chi connectivity index (χ1v) is 41.7. The van der Waals surface area contributed by atoms with E-state index in [1.807, 2.05) is 0 Å². The lowest BCUT2D eigenvalue weighted by molar-refractivity contribution is -0.437. The lowest BCUT2D eigenvalue weighted by atomic mass is 9.78. The van der Waals surface area contributed by atoms with Crippen molar-refractivity contribution in [3.8, 4) is 22.3 Å². The molecule has 546 valence electrons. The Kier molecular flexibility index (Phi) is 22.3. The predicted octanol–water partition coefficient (Wildman–Crippen LogP) is 1.95. The van der Waals surface area contributed by atoms with Gasteiger partial charge in [0.25, 0.3) is 98.7 Å². The van der Waals surface area contributed by atoms with Crippen molar-refractivity contribution in [3.05, 3.63) is 131 Å². The Balaban J connectivity index is 1.28. The monoisotopic (exact) mass is 1560 g/mol. The topological polar surface area (TPSA) is 597 Å². The zero-order chi connectivity index (χ0) is 75.3. The zero-order valence-corrected chi connectivity index (χ0v) is 59.3. The molecule has 8 rings (SSSR count). The molecule has 44 heteroatoms. The molecule has 0 saturated carbocycles.